The van der Waals surface area contributed by atoms with Gasteiger partial charge in [0.15, 0.2) is 11.0 Å². The predicted octanol–water partition coefficient (Wildman–Crippen LogP) is 6.28. The molecule has 0 radical (unpaired) electrons. The molecular formula is C25H20BrF3N4O2S. The monoisotopic (exact) mass is 576 g/mol. The van der Waals surface area contributed by atoms with Gasteiger partial charge in [-0.05, 0) is 54.1 Å². The van der Waals surface area contributed by atoms with E-state index in [-0.39, 0.29) is 18.1 Å². The molecule has 0 saturated heterocycles. The van der Waals surface area contributed by atoms with E-state index in [9.17, 15) is 18.0 Å². The molecule has 186 valence electrons. The molecule has 3 aromatic carbocycles. The van der Waals surface area contributed by atoms with Gasteiger partial charge in [-0.15, -0.1) is 10.2 Å². The van der Waals surface area contributed by atoms with Gasteiger partial charge in [0.05, 0.1) is 24.9 Å². The molecule has 0 spiro atoms. The van der Waals surface area contributed by atoms with Gasteiger partial charge in [-0.2, -0.15) is 13.2 Å². The van der Waals surface area contributed by atoms with E-state index >= 15 is 0 Å². The Morgan fingerprint density at radius 2 is 1.81 bits per heavy atom. The molecule has 0 aliphatic heterocycles. The number of thioether (sulfide) groups is 1. The molecule has 0 aliphatic carbocycles. The van der Waals surface area contributed by atoms with Crippen LogP contribution in [-0.2, 0) is 18.5 Å². The summed E-state index contributed by atoms with van der Waals surface area (Å²) >= 11 is 4.73. The van der Waals surface area contributed by atoms with Crippen molar-refractivity contribution < 1.29 is 22.7 Å². The Bertz CT molecular complexity index is 1360. The zero-order valence-electron chi connectivity index (χ0n) is 18.9. The number of carbonyl (C=O) groups is 1. The number of hydrogen-bond donors (Lipinski definition) is 1. The van der Waals surface area contributed by atoms with Gasteiger partial charge in [-0.1, -0.05) is 52.0 Å². The molecule has 0 aliphatic rings. The van der Waals surface area contributed by atoms with E-state index in [2.05, 4.69) is 31.4 Å². The van der Waals surface area contributed by atoms with Crippen LogP contribution in [0.25, 0.3) is 5.69 Å². The average Bonchev–Trinajstić information content (AvgIpc) is 3.29. The van der Waals surface area contributed by atoms with Crippen LogP contribution in [-0.4, -0.2) is 27.8 Å². The molecule has 4 aromatic rings. The van der Waals surface area contributed by atoms with E-state index in [1.165, 1.54) is 29.5 Å². The van der Waals surface area contributed by atoms with Gasteiger partial charge in [-0.3, -0.25) is 9.36 Å². The number of alkyl halides is 3. The summed E-state index contributed by atoms with van der Waals surface area (Å²) in [6, 6.07) is 19.3. The Hall–Kier alpha value is -3.31. The topological polar surface area (TPSA) is 69.0 Å². The molecule has 0 fully saturated rings. The summed E-state index contributed by atoms with van der Waals surface area (Å²) in [4.78, 5) is 12.7. The van der Waals surface area contributed by atoms with Gasteiger partial charge in [0.25, 0.3) is 5.91 Å². The molecular weight excluding hydrogens is 557 g/mol. The van der Waals surface area contributed by atoms with E-state index in [0.717, 1.165) is 22.2 Å². The first-order chi connectivity index (χ1) is 17.2. The van der Waals surface area contributed by atoms with Crippen LogP contribution < -0.4 is 10.1 Å². The third-order valence-electron chi connectivity index (χ3n) is 5.15. The summed E-state index contributed by atoms with van der Waals surface area (Å²) in [6.45, 7) is -0.0435. The Morgan fingerprint density at radius 3 is 2.53 bits per heavy atom. The quantitative estimate of drug-likeness (QED) is 0.250. The molecule has 0 bridgehead atoms. The molecule has 11 heteroatoms. The van der Waals surface area contributed by atoms with Gasteiger partial charge in [0, 0.05) is 15.8 Å². The molecule has 1 N–H and O–H groups in total. The van der Waals surface area contributed by atoms with Crippen LogP contribution in [0.15, 0.2) is 82.4 Å². The van der Waals surface area contributed by atoms with Crippen molar-refractivity contribution in [1.82, 2.24) is 20.1 Å². The van der Waals surface area contributed by atoms with Gasteiger partial charge in [0.2, 0.25) is 0 Å². The van der Waals surface area contributed by atoms with E-state index in [1.807, 2.05) is 24.3 Å². The number of carbonyl (C=O) groups excluding carboxylic acids is 1. The van der Waals surface area contributed by atoms with Crippen LogP contribution in [0.2, 0.25) is 0 Å². The van der Waals surface area contributed by atoms with E-state index in [1.54, 1.807) is 30.3 Å². The first kappa shape index (κ1) is 25.8. The van der Waals surface area contributed by atoms with Crippen molar-refractivity contribution in [3.63, 3.8) is 0 Å². The summed E-state index contributed by atoms with van der Waals surface area (Å²) in [5.74, 6) is 0.974. The maximum absolute atomic E-state index is 13.4. The molecule has 1 aromatic heterocycles. The maximum atomic E-state index is 13.4. The number of ether oxygens (including phenoxy) is 1. The highest BCUT2D eigenvalue weighted by Crippen LogP contribution is 2.32. The lowest BCUT2D eigenvalue weighted by Gasteiger charge is -2.14. The van der Waals surface area contributed by atoms with Crippen molar-refractivity contribution in [2.45, 2.75) is 23.6 Å². The summed E-state index contributed by atoms with van der Waals surface area (Å²) in [5.41, 5.74) is 0.849. The van der Waals surface area contributed by atoms with Crippen molar-refractivity contribution in [2.24, 2.45) is 0 Å². The summed E-state index contributed by atoms with van der Waals surface area (Å²) in [7, 11) is 1.50. The SMILES string of the molecule is COc1cccc(C(=O)NCc2nnc(SCc3ccc(Br)cc3)n2-c2cccc(C(F)(F)F)c2)c1. The Kier molecular flexibility index (Phi) is 8.00. The standard InChI is InChI=1S/C25H20BrF3N4O2S/c1-35-21-7-2-4-17(12-21)23(34)30-14-22-31-32-24(36-15-16-8-10-19(26)11-9-16)33(22)20-6-3-5-18(13-20)25(27,28)29/h2-13H,14-15H2,1H3,(H,30,34). The predicted molar refractivity (Wildman–Crippen MR) is 134 cm³/mol. The number of methoxy groups -OCH3 is 1. The molecule has 4 rings (SSSR count). The Morgan fingerprint density at radius 1 is 1.06 bits per heavy atom. The fraction of sp³-hybridized carbons (Fsp3) is 0.160. The van der Waals surface area contributed by atoms with E-state index in [0.29, 0.717) is 28.0 Å². The maximum Gasteiger partial charge on any atom is 0.416 e. The second-order valence-corrected chi connectivity index (χ2v) is 9.47. The number of aromatic nitrogens is 3. The average molecular weight is 577 g/mol. The Balaban J connectivity index is 1.62. The van der Waals surface area contributed by atoms with Crippen molar-refractivity contribution in [1.29, 1.82) is 0 Å². The molecule has 36 heavy (non-hydrogen) atoms. The number of nitrogens with one attached hydrogen (secondary N) is 1. The van der Waals surface area contributed by atoms with Crippen LogP contribution in [0.3, 0.4) is 0 Å². The number of amides is 1. The molecule has 0 atom stereocenters. The van der Waals surface area contributed by atoms with Crippen molar-refractivity contribution in [3.05, 3.63) is 99.8 Å². The van der Waals surface area contributed by atoms with Gasteiger partial charge in [0.1, 0.15) is 5.75 Å². The number of rotatable bonds is 8. The number of nitrogens with zero attached hydrogens (tertiary/aromatic N) is 3. The summed E-state index contributed by atoms with van der Waals surface area (Å²) in [5, 5.41) is 11.5. The smallest absolute Gasteiger partial charge is 0.416 e. The van der Waals surface area contributed by atoms with Crippen molar-refractivity contribution in [2.75, 3.05) is 7.11 Å². The zero-order chi connectivity index (χ0) is 25.7. The third-order valence-corrected chi connectivity index (χ3v) is 6.68. The van der Waals surface area contributed by atoms with Gasteiger partial charge >= 0.3 is 6.18 Å². The number of hydrogen-bond acceptors (Lipinski definition) is 5. The first-order valence-corrected chi connectivity index (χ1v) is 12.4. The van der Waals surface area contributed by atoms with Crippen molar-refractivity contribution in [3.8, 4) is 11.4 Å². The van der Waals surface area contributed by atoms with E-state index < -0.39 is 11.7 Å². The van der Waals surface area contributed by atoms with Gasteiger partial charge < -0.3 is 10.1 Å². The highest BCUT2D eigenvalue weighted by Gasteiger charge is 2.31. The minimum absolute atomic E-state index is 0.0435. The lowest BCUT2D eigenvalue weighted by atomic mass is 10.2. The summed E-state index contributed by atoms with van der Waals surface area (Å²) in [6.07, 6.45) is -4.50. The molecule has 0 unspecified atom stereocenters. The minimum Gasteiger partial charge on any atom is -0.497 e. The van der Waals surface area contributed by atoms with Crippen LogP contribution >= 0.6 is 27.7 Å². The summed E-state index contributed by atoms with van der Waals surface area (Å²) < 4.78 is 47.8. The normalized spacial score (nSPS) is 11.4. The molecule has 6 nitrogen and oxygen atoms in total. The van der Waals surface area contributed by atoms with Crippen LogP contribution in [0.1, 0.15) is 27.3 Å². The fourth-order valence-corrected chi connectivity index (χ4v) is 4.53. The largest absolute Gasteiger partial charge is 0.497 e. The second-order valence-electron chi connectivity index (χ2n) is 7.61. The first-order valence-electron chi connectivity index (χ1n) is 10.7. The van der Waals surface area contributed by atoms with Crippen LogP contribution in [0.4, 0.5) is 13.2 Å². The third kappa shape index (κ3) is 6.27. The lowest BCUT2D eigenvalue weighted by molar-refractivity contribution is -0.137. The minimum atomic E-state index is -4.50. The van der Waals surface area contributed by atoms with Crippen molar-refractivity contribution >= 4 is 33.6 Å². The molecule has 0 saturated carbocycles. The second kappa shape index (κ2) is 11.2. The number of halogens is 4. The molecule has 1 heterocycles. The number of benzene rings is 3. The Labute approximate surface area is 218 Å². The van der Waals surface area contributed by atoms with E-state index in [4.69, 9.17) is 4.74 Å². The van der Waals surface area contributed by atoms with Crippen LogP contribution in [0.5, 0.6) is 5.75 Å². The molecule has 1 amide bonds. The van der Waals surface area contributed by atoms with Crippen LogP contribution in [0, 0.1) is 0 Å². The van der Waals surface area contributed by atoms with Gasteiger partial charge in [-0.25, -0.2) is 0 Å². The highest BCUT2D eigenvalue weighted by molar-refractivity contribution is 9.10. The lowest BCUT2D eigenvalue weighted by Crippen LogP contribution is -2.24. The highest BCUT2D eigenvalue weighted by atomic mass is 79.9. The zero-order valence-corrected chi connectivity index (χ0v) is 21.3. The fourth-order valence-electron chi connectivity index (χ4n) is 3.34.